The molecular weight excluding hydrogens is 400 g/mol. The van der Waals surface area contributed by atoms with E-state index >= 15 is 0 Å². The van der Waals surface area contributed by atoms with E-state index in [-0.39, 0.29) is 11.1 Å². The van der Waals surface area contributed by atoms with Crippen LogP contribution in [0.15, 0.2) is 47.3 Å². The second-order valence-electron chi connectivity index (χ2n) is 9.62. The second-order valence-corrected chi connectivity index (χ2v) is 9.62. The maximum Gasteiger partial charge on any atom is 0.254 e. The van der Waals surface area contributed by atoms with Crippen LogP contribution in [0.5, 0.6) is 0 Å². The van der Waals surface area contributed by atoms with Crippen molar-refractivity contribution in [3.63, 3.8) is 0 Å². The molecule has 0 saturated heterocycles. The Kier molecular flexibility index (Phi) is 4.65. The molecular formula is C25H28N6O. The molecule has 3 heterocycles. The zero-order valence-electron chi connectivity index (χ0n) is 19.2. The Morgan fingerprint density at radius 3 is 2.66 bits per heavy atom. The summed E-state index contributed by atoms with van der Waals surface area (Å²) in [6, 6.07) is 14.1. The summed E-state index contributed by atoms with van der Waals surface area (Å²) < 4.78 is 1.84. The number of tetrazole rings is 1. The number of benzene rings is 2. The van der Waals surface area contributed by atoms with Gasteiger partial charge in [0.05, 0.1) is 11.1 Å². The fourth-order valence-corrected chi connectivity index (χ4v) is 4.67. The number of nitrogens with one attached hydrogen (secondary N) is 1. The Hall–Kier alpha value is -3.48. The summed E-state index contributed by atoms with van der Waals surface area (Å²) in [7, 11) is 0. The highest BCUT2D eigenvalue weighted by molar-refractivity contribution is 5.83. The maximum absolute atomic E-state index is 13.5. The van der Waals surface area contributed by atoms with Crippen molar-refractivity contribution < 1.29 is 0 Å². The van der Waals surface area contributed by atoms with Crippen LogP contribution < -0.4 is 10.5 Å². The summed E-state index contributed by atoms with van der Waals surface area (Å²) in [5.41, 5.74) is 5.75. The van der Waals surface area contributed by atoms with E-state index in [1.165, 1.54) is 5.56 Å². The molecule has 0 amide bonds. The molecule has 0 bridgehead atoms. The Labute approximate surface area is 187 Å². The van der Waals surface area contributed by atoms with Crippen molar-refractivity contribution in [2.24, 2.45) is 0 Å². The quantitative estimate of drug-likeness (QED) is 0.533. The predicted octanol–water partition coefficient (Wildman–Crippen LogP) is 4.04. The van der Waals surface area contributed by atoms with Crippen molar-refractivity contribution in [3.8, 4) is 0 Å². The molecule has 32 heavy (non-hydrogen) atoms. The first-order valence-electron chi connectivity index (χ1n) is 11.0. The van der Waals surface area contributed by atoms with E-state index in [1.54, 1.807) is 0 Å². The second kappa shape index (κ2) is 7.29. The van der Waals surface area contributed by atoms with Gasteiger partial charge in [0.15, 0.2) is 5.82 Å². The van der Waals surface area contributed by atoms with E-state index in [9.17, 15) is 4.79 Å². The Morgan fingerprint density at radius 2 is 1.88 bits per heavy atom. The van der Waals surface area contributed by atoms with E-state index in [0.717, 1.165) is 40.7 Å². The number of H-pyrrole nitrogens is 1. The molecule has 0 saturated carbocycles. The molecule has 164 valence electrons. The van der Waals surface area contributed by atoms with Gasteiger partial charge in [0.2, 0.25) is 0 Å². The van der Waals surface area contributed by atoms with Gasteiger partial charge in [-0.05, 0) is 85.7 Å². The topological polar surface area (TPSA) is 79.7 Å². The molecule has 1 atom stereocenters. The summed E-state index contributed by atoms with van der Waals surface area (Å²) in [6.45, 7) is 11.1. The number of anilines is 1. The van der Waals surface area contributed by atoms with E-state index in [0.29, 0.717) is 11.4 Å². The van der Waals surface area contributed by atoms with Crippen molar-refractivity contribution in [1.29, 1.82) is 0 Å². The van der Waals surface area contributed by atoms with Gasteiger partial charge in [0, 0.05) is 17.8 Å². The first kappa shape index (κ1) is 20.4. The largest absolute Gasteiger partial charge is 0.357 e. The van der Waals surface area contributed by atoms with Gasteiger partial charge in [-0.3, -0.25) is 4.79 Å². The van der Waals surface area contributed by atoms with Gasteiger partial charge < -0.3 is 9.88 Å². The maximum atomic E-state index is 13.5. The lowest BCUT2D eigenvalue weighted by molar-refractivity contribution is 0.329. The Morgan fingerprint density at radius 1 is 1.09 bits per heavy atom. The van der Waals surface area contributed by atoms with Crippen LogP contribution in [0, 0.1) is 13.8 Å². The van der Waals surface area contributed by atoms with Crippen LogP contribution in [-0.2, 0) is 12.0 Å². The van der Waals surface area contributed by atoms with Crippen molar-refractivity contribution >= 4 is 16.6 Å². The molecule has 7 heteroatoms. The molecule has 0 aliphatic carbocycles. The molecule has 2 aromatic heterocycles. The Balaban J connectivity index is 1.77. The predicted molar refractivity (Wildman–Crippen MR) is 126 cm³/mol. The molecule has 5 rings (SSSR count). The summed E-state index contributed by atoms with van der Waals surface area (Å²) >= 11 is 0. The van der Waals surface area contributed by atoms with Crippen LogP contribution in [0.25, 0.3) is 10.9 Å². The van der Waals surface area contributed by atoms with Gasteiger partial charge in [-0.25, -0.2) is 4.68 Å². The lowest BCUT2D eigenvalue weighted by Gasteiger charge is -2.31. The summed E-state index contributed by atoms with van der Waals surface area (Å²) in [4.78, 5) is 18.9. The number of rotatable bonds is 3. The fraction of sp³-hybridized carbons (Fsp3) is 0.360. The summed E-state index contributed by atoms with van der Waals surface area (Å²) in [6.07, 6.45) is 0.924. The highest BCUT2D eigenvalue weighted by Crippen LogP contribution is 2.38. The molecule has 7 nitrogen and oxygen atoms in total. The molecule has 4 aromatic rings. The van der Waals surface area contributed by atoms with Crippen LogP contribution in [0.2, 0.25) is 0 Å². The summed E-state index contributed by atoms with van der Waals surface area (Å²) in [5, 5.41) is 13.7. The molecule has 2 aromatic carbocycles. The number of nitrogens with zero attached hydrogens (tertiary/aromatic N) is 5. The molecule has 0 fully saturated rings. The lowest BCUT2D eigenvalue weighted by Crippen LogP contribution is -2.37. The third kappa shape index (κ3) is 3.20. The van der Waals surface area contributed by atoms with E-state index in [1.807, 2.05) is 23.7 Å². The van der Waals surface area contributed by atoms with Crippen LogP contribution in [0.4, 0.5) is 5.69 Å². The smallest absolute Gasteiger partial charge is 0.254 e. The third-order valence-corrected chi connectivity index (χ3v) is 6.48. The Bertz CT molecular complexity index is 1380. The summed E-state index contributed by atoms with van der Waals surface area (Å²) in [5.74, 6) is 0.669. The zero-order chi connectivity index (χ0) is 22.6. The van der Waals surface area contributed by atoms with Gasteiger partial charge >= 0.3 is 0 Å². The molecule has 1 aliphatic heterocycles. The van der Waals surface area contributed by atoms with E-state index in [4.69, 9.17) is 0 Å². The number of fused-ring (bicyclic) bond motifs is 2. The van der Waals surface area contributed by atoms with E-state index < -0.39 is 6.04 Å². The molecule has 0 spiro atoms. The average molecular weight is 429 g/mol. The first-order chi connectivity index (χ1) is 15.3. The number of aromatic nitrogens is 5. The standard InChI is InChI=1S/C25H28N6O/c1-15-10-11-18-14-19(24(32)26-21(18)16(15)2)22(23-27-28-29-31(23)25(3,4)5)30-13-12-17-8-6-7-9-20(17)30/h6-11,14,22H,12-13H2,1-5H3,(H,26,32). The number of para-hydroxylation sites is 1. The minimum absolute atomic E-state index is 0.107. The van der Waals surface area contributed by atoms with Crippen molar-refractivity contribution in [3.05, 3.63) is 80.9 Å². The molecule has 1 unspecified atom stereocenters. The zero-order valence-corrected chi connectivity index (χ0v) is 19.2. The van der Waals surface area contributed by atoms with Gasteiger partial charge in [0.25, 0.3) is 5.56 Å². The normalized spacial score (nSPS) is 14.7. The number of aryl methyl sites for hydroxylation is 2. The highest BCUT2D eigenvalue weighted by Gasteiger charge is 2.36. The van der Waals surface area contributed by atoms with E-state index in [2.05, 4.69) is 83.4 Å². The van der Waals surface area contributed by atoms with Gasteiger partial charge in [-0.2, -0.15) is 0 Å². The minimum atomic E-state index is -0.400. The SMILES string of the molecule is Cc1ccc2cc(C(c3nnnn3C(C)(C)C)N3CCc4ccccc43)c(=O)[nH]c2c1C. The number of aromatic amines is 1. The van der Waals surface area contributed by atoms with Gasteiger partial charge in [0.1, 0.15) is 6.04 Å². The van der Waals surface area contributed by atoms with Crippen LogP contribution in [-0.4, -0.2) is 31.7 Å². The average Bonchev–Trinajstić information content (AvgIpc) is 3.40. The van der Waals surface area contributed by atoms with Gasteiger partial charge in [-0.15, -0.1) is 5.10 Å². The highest BCUT2D eigenvalue weighted by atomic mass is 16.1. The van der Waals surface area contributed by atoms with Crippen molar-refractivity contribution in [1.82, 2.24) is 25.2 Å². The monoisotopic (exact) mass is 428 g/mol. The van der Waals surface area contributed by atoms with Gasteiger partial charge in [-0.1, -0.05) is 30.3 Å². The number of hydrogen-bond donors (Lipinski definition) is 1. The van der Waals surface area contributed by atoms with Crippen LogP contribution in [0.3, 0.4) is 0 Å². The molecule has 1 aliphatic rings. The number of pyridine rings is 1. The van der Waals surface area contributed by atoms with Crippen molar-refractivity contribution in [2.45, 2.75) is 52.6 Å². The van der Waals surface area contributed by atoms with Crippen molar-refractivity contribution in [2.75, 3.05) is 11.4 Å². The fourth-order valence-electron chi connectivity index (χ4n) is 4.67. The number of hydrogen-bond acceptors (Lipinski definition) is 5. The minimum Gasteiger partial charge on any atom is -0.357 e. The third-order valence-electron chi connectivity index (χ3n) is 6.48. The van der Waals surface area contributed by atoms with Crippen LogP contribution >= 0.6 is 0 Å². The molecule has 0 radical (unpaired) electrons. The molecule has 1 N–H and O–H groups in total. The first-order valence-corrected chi connectivity index (χ1v) is 11.0. The lowest BCUT2D eigenvalue weighted by atomic mass is 9.99. The van der Waals surface area contributed by atoms with Crippen LogP contribution in [0.1, 0.15) is 54.9 Å².